The van der Waals surface area contributed by atoms with Crippen molar-refractivity contribution >= 4 is 5.78 Å². The molecular formula is C33H48O3. The van der Waals surface area contributed by atoms with Crippen LogP contribution in [0.2, 0.25) is 0 Å². The number of rotatable bonds is 7. The van der Waals surface area contributed by atoms with Crippen molar-refractivity contribution in [3.05, 3.63) is 59.2 Å². The summed E-state index contributed by atoms with van der Waals surface area (Å²) in [5.41, 5.74) is 3.75. The Balaban J connectivity index is 1.37. The molecule has 0 radical (unpaired) electrons. The number of carbonyl (C=O) groups is 1. The summed E-state index contributed by atoms with van der Waals surface area (Å²) in [6.07, 6.45) is 16.0. The van der Waals surface area contributed by atoms with Crippen LogP contribution in [0.1, 0.15) is 104 Å². The van der Waals surface area contributed by atoms with Crippen molar-refractivity contribution in [2.75, 3.05) is 13.2 Å². The lowest BCUT2D eigenvalue weighted by Crippen LogP contribution is -2.36. The molecule has 1 aromatic rings. The van der Waals surface area contributed by atoms with Gasteiger partial charge in [0.1, 0.15) is 0 Å². The molecule has 3 unspecified atom stereocenters. The summed E-state index contributed by atoms with van der Waals surface area (Å²) in [5, 5.41) is 0. The number of Topliss-reactive ketones (excluding diaryl/α,β-unsaturated/α-hetero) is 1. The van der Waals surface area contributed by atoms with E-state index in [-0.39, 0.29) is 23.5 Å². The van der Waals surface area contributed by atoms with E-state index in [0.717, 1.165) is 63.2 Å². The molecular weight excluding hydrogens is 444 g/mol. The van der Waals surface area contributed by atoms with Crippen molar-refractivity contribution in [2.45, 2.75) is 104 Å². The predicted octanol–water partition coefficient (Wildman–Crippen LogP) is 8.41. The van der Waals surface area contributed by atoms with Gasteiger partial charge in [-0.25, -0.2) is 0 Å². The molecule has 4 rings (SSSR count). The fourth-order valence-electron chi connectivity index (χ4n) is 7.09. The Kier molecular flexibility index (Phi) is 9.64. The third-order valence-electron chi connectivity index (χ3n) is 9.40. The average Bonchev–Trinajstić information content (AvgIpc) is 3.07. The Labute approximate surface area is 219 Å². The summed E-state index contributed by atoms with van der Waals surface area (Å²) in [6, 6.07) is 10.6. The molecule has 1 aliphatic heterocycles. The maximum atomic E-state index is 13.3. The fourth-order valence-corrected chi connectivity index (χ4v) is 7.09. The zero-order valence-electron chi connectivity index (χ0n) is 23.1. The van der Waals surface area contributed by atoms with Gasteiger partial charge in [0.05, 0.1) is 18.8 Å². The van der Waals surface area contributed by atoms with Crippen LogP contribution in [0.25, 0.3) is 0 Å². The molecule has 3 nitrogen and oxygen atoms in total. The molecule has 1 saturated heterocycles. The third-order valence-corrected chi connectivity index (χ3v) is 9.40. The highest BCUT2D eigenvalue weighted by Crippen LogP contribution is 2.47. The zero-order valence-corrected chi connectivity index (χ0v) is 23.1. The normalized spacial score (nSPS) is 34.4. The minimum atomic E-state index is 0.0913. The van der Waals surface area contributed by atoms with Crippen LogP contribution in [0.4, 0.5) is 0 Å². The monoisotopic (exact) mass is 492 g/mol. The van der Waals surface area contributed by atoms with Crippen LogP contribution in [0.5, 0.6) is 0 Å². The summed E-state index contributed by atoms with van der Waals surface area (Å²) in [6.45, 7) is 10.3. The molecule has 2 aliphatic carbocycles. The van der Waals surface area contributed by atoms with E-state index in [1.54, 1.807) is 0 Å². The summed E-state index contributed by atoms with van der Waals surface area (Å²) in [7, 11) is 0. The molecule has 0 aromatic heterocycles. The first-order valence-electron chi connectivity index (χ1n) is 14.6. The van der Waals surface area contributed by atoms with Gasteiger partial charge in [0.25, 0.3) is 0 Å². The van der Waals surface area contributed by atoms with Crippen LogP contribution in [0, 0.1) is 23.2 Å². The highest BCUT2D eigenvalue weighted by molar-refractivity contribution is 5.96. The average molecular weight is 493 g/mol. The molecule has 0 amide bonds. The zero-order chi connectivity index (χ0) is 25.5. The van der Waals surface area contributed by atoms with Crippen LogP contribution >= 0.6 is 0 Å². The van der Waals surface area contributed by atoms with Gasteiger partial charge >= 0.3 is 0 Å². The Morgan fingerprint density at radius 3 is 2.47 bits per heavy atom. The van der Waals surface area contributed by atoms with Gasteiger partial charge in [-0.15, -0.1) is 0 Å². The van der Waals surface area contributed by atoms with Gasteiger partial charge in [-0.3, -0.25) is 4.79 Å². The molecule has 1 heterocycles. The smallest absolute Gasteiger partial charge is 0.161 e. The first-order valence-corrected chi connectivity index (χ1v) is 14.6. The Morgan fingerprint density at radius 1 is 1.06 bits per heavy atom. The second-order valence-corrected chi connectivity index (χ2v) is 12.0. The van der Waals surface area contributed by atoms with Crippen molar-refractivity contribution in [1.29, 1.82) is 0 Å². The number of benzene rings is 1. The highest BCUT2D eigenvalue weighted by atomic mass is 16.5. The SMILES string of the molecule is CCOC1CC(c2ccccc2)OCC2(CCC(C(=O)/C(C)=C/C=C(\C)C3CCCC[C@H]3C)CC2)C1. The molecule has 3 fully saturated rings. The summed E-state index contributed by atoms with van der Waals surface area (Å²) in [4.78, 5) is 13.3. The number of ether oxygens (including phenoxy) is 2. The van der Waals surface area contributed by atoms with Crippen LogP contribution in [0.3, 0.4) is 0 Å². The van der Waals surface area contributed by atoms with Crippen molar-refractivity contribution < 1.29 is 14.3 Å². The molecule has 0 N–H and O–H groups in total. The van der Waals surface area contributed by atoms with Crippen molar-refractivity contribution in [2.24, 2.45) is 23.2 Å². The van der Waals surface area contributed by atoms with E-state index in [9.17, 15) is 4.79 Å². The lowest BCUT2D eigenvalue weighted by Gasteiger charge is -2.40. The quantitative estimate of drug-likeness (QED) is 0.283. The molecule has 4 atom stereocenters. The number of hydrogen-bond donors (Lipinski definition) is 0. The number of hydrogen-bond acceptors (Lipinski definition) is 3. The minimum absolute atomic E-state index is 0.0913. The first-order chi connectivity index (χ1) is 17.4. The second kappa shape index (κ2) is 12.7. The molecule has 1 spiro atoms. The van der Waals surface area contributed by atoms with Crippen LogP contribution in [0.15, 0.2) is 53.6 Å². The topological polar surface area (TPSA) is 35.5 Å². The third kappa shape index (κ3) is 6.78. The minimum Gasteiger partial charge on any atom is -0.378 e. The lowest BCUT2D eigenvalue weighted by molar-refractivity contribution is -0.121. The summed E-state index contributed by atoms with van der Waals surface area (Å²) >= 11 is 0. The summed E-state index contributed by atoms with van der Waals surface area (Å²) < 4.78 is 12.8. The van der Waals surface area contributed by atoms with Crippen LogP contribution < -0.4 is 0 Å². The van der Waals surface area contributed by atoms with Crippen LogP contribution in [-0.4, -0.2) is 25.1 Å². The van der Waals surface area contributed by atoms with Gasteiger partial charge in [-0.2, -0.15) is 0 Å². The van der Waals surface area contributed by atoms with Gasteiger partial charge < -0.3 is 9.47 Å². The van der Waals surface area contributed by atoms with Gasteiger partial charge in [0, 0.05) is 18.9 Å². The molecule has 0 bridgehead atoms. The van der Waals surface area contributed by atoms with Gasteiger partial charge in [-0.1, -0.05) is 74.2 Å². The molecule has 36 heavy (non-hydrogen) atoms. The van der Waals surface area contributed by atoms with E-state index in [0.29, 0.717) is 11.7 Å². The Morgan fingerprint density at radius 2 is 1.78 bits per heavy atom. The van der Waals surface area contributed by atoms with E-state index in [1.165, 1.54) is 36.8 Å². The summed E-state index contributed by atoms with van der Waals surface area (Å²) in [5.74, 6) is 1.94. The second-order valence-electron chi connectivity index (χ2n) is 12.0. The standard InChI is InChI=1S/C33H48O3/c1-5-35-29-21-31(27-12-7-6-8-13-27)36-23-33(22-29)19-17-28(18-20-33)32(34)26(4)16-15-25(3)30-14-10-9-11-24(30)2/h6-8,12-13,15-16,24,28-31H,5,9-11,14,17-23H2,1-4H3/b25-15+,26-16+/t24-,28?,29?,30?,31?,33?/m1/s1. The first kappa shape index (κ1) is 27.3. The Bertz CT molecular complexity index is 906. The molecule has 1 aromatic carbocycles. The number of carbonyl (C=O) groups excluding carboxylic acids is 1. The lowest BCUT2D eigenvalue weighted by atomic mass is 9.67. The van der Waals surface area contributed by atoms with E-state index < -0.39 is 0 Å². The van der Waals surface area contributed by atoms with Crippen molar-refractivity contribution in [3.8, 4) is 0 Å². The van der Waals surface area contributed by atoms with E-state index >= 15 is 0 Å². The van der Waals surface area contributed by atoms with Crippen molar-refractivity contribution in [1.82, 2.24) is 0 Å². The van der Waals surface area contributed by atoms with Gasteiger partial charge in [0.15, 0.2) is 5.78 Å². The van der Waals surface area contributed by atoms with E-state index in [1.807, 2.05) is 6.92 Å². The van der Waals surface area contributed by atoms with Crippen molar-refractivity contribution in [3.63, 3.8) is 0 Å². The number of ketones is 1. The fraction of sp³-hybridized carbons (Fsp3) is 0.667. The molecule has 198 valence electrons. The predicted molar refractivity (Wildman–Crippen MR) is 148 cm³/mol. The largest absolute Gasteiger partial charge is 0.378 e. The van der Waals surface area contributed by atoms with Gasteiger partial charge in [0.2, 0.25) is 0 Å². The van der Waals surface area contributed by atoms with Gasteiger partial charge in [-0.05, 0) is 87.7 Å². The number of allylic oxidation sites excluding steroid dienone is 4. The maximum Gasteiger partial charge on any atom is 0.161 e. The van der Waals surface area contributed by atoms with E-state index in [4.69, 9.17) is 9.47 Å². The highest BCUT2D eigenvalue weighted by Gasteiger charge is 2.42. The maximum absolute atomic E-state index is 13.3. The molecule has 3 aliphatic rings. The van der Waals surface area contributed by atoms with Crippen LogP contribution in [-0.2, 0) is 14.3 Å². The van der Waals surface area contributed by atoms with E-state index in [2.05, 4.69) is 63.3 Å². The molecule has 3 heteroatoms. The molecule has 2 saturated carbocycles. The Hall–Kier alpha value is -1.71.